The molecule has 16 heavy (non-hydrogen) atoms. The largest absolute Gasteiger partial charge is 0.396 e. The first-order valence-electron chi connectivity index (χ1n) is 6.43. The third kappa shape index (κ3) is 3.78. The SMILES string of the molecule is CC(CO)CN1CCC(C(C)C)CCC1=O. The van der Waals surface area contributed by atoms with Crippen LogP contribution in [0.4, 0.5) is 0 Å². The number of carbonyl (C=O) groups is 1. The second-order valence-corrected chi connectivity index (χ2v) is 5.46. The standard InChI is InChI=1S/C13H25NO2/c1-10(2)12-4-5-13(16)14(7-6-12)8-11(3)9-15/h10-12,15H,4-9H2,1-3H3. The maximum absolute atomic E-state index is 11.9. The van der Waals surface area contributed by atoms with E-state index in [0.717, 1.165) is 19.4 Å². The van der Waals surface area contributed by atoms with Crippen LogP contribution in [0.5, 0.6) is 0 Å². The lowest BCUT2D eigenvalue weighted by molar-refractivity contribution is -0.131. The summed E-state index contributed by atoms with van der Waals surface area (Å²) >= 11 is 0. The Kier molecular flexibility index (Phi) is 5.26. The Morgan fingerprint density at radius 1 is 1.38 bits per heavy atom. The van der Waals surface area contributed by atoms with Gasteiger partial charge in [0.2, 0.25) is 5.91 Å². The third-order valence-corrected chi connectivity index (χ3v) is 3.64. The summed E-state index contributed by atoms with van der Waals surface area (Å²) < 4.78 is 0. The average molecular weight is 227 g/mol. The minimum atomic E-state index is 0.164. The highest BCUT2D eigenvalue weighted by Gasteiger charge is 2.24. The molecule has 1 saturated heterocycles. The molecule has 0 aliphatic carbocycles. The molecule has 0 spiro atoms. The van der Waals surface area contributed by atoms with Crippen molar-refractivity contribution in [2.45, 2.75) is 40.0 Å². The van der Waals surface area contributed by atoms with Crippen molar-refractivity contribution in [3.05, 3.63) is 0 Å². The van der Waals surface area contributed by atoms with Crippen LogP contribution in [0.25, 0.3) is 0 Å². The molecule has 1 amide bonds. The van der Waals surface area contributed by atoms with Gasteiger partial charge in [0.25, 0.3) is 0 Å². The summed E-state index contributed by atoms with van der Waals surface area (Å²) in [4.78, 5) is 13.8. The van der Waals surface area contributed by atoms with Gasteiger partial charge in [0, 0.05) is 26.1 Å². The summed E-state index contributed by atoms with van der Waals surface area (Å²) in [6.07, 6.45) is 2.82. The number of rotatable bonds is 4. The molecule has 3 heteroatoms. The van der Waals surface area contributed by atoms with Gasteiger partial charge in [-0.3, -0.25) is 4.79 Å². The van der Waals surface area contributed by atoms with E-state index in [4.69, 9.17) is 5.11 Å². The zero-order valence-corrected chi connectivity index (χ0v) is 10.8. The lowest BCUT2D eigenvalue weighted by Crippen LogP contribution is -2.35. The van der Waals surface area contributed by atoms with Crippen LogP contribution in [-0.4, -0.2) is 35.6 Å². The van der Waals surface area contributed by atoms with Gasteiger partial charge < -0.3 is 10.0 Å². The Morgan fingerprint density at radius 2 is 2.06 bits per heavy atom. The van der Waals surface area contributed by atoms with Gasteiger partial charge >= 0.3 is 0 Å². The van der Waals surface area contributed by atoms with Gasteiger partial charge in [-0.05, 0) is 30.6 Å². The highest BCUT2D eigenvalue weighted by atomic mass is 16.3. The van der Waals surface area contributed by atoms with Crippen LogP contribution in [0.1, 0.15) is 40.0 Å². The normalized spacial score (nSPS) is 24.7. The van der Waals surface area contributed by atoms with E-state index in [9.17, 15) is 4.79 Å². The average Bonchev–Trinajstić information content (AvgIpc) is 2.42. The van der Waals surface area contributed by atoms with Crippen molar-refractivity contribution in [1.82, 2.24) is 4.90 Å². The van der Waals surface area contributed by atoms with Crippen LogP contribution >= 0.6 is 0 Å². The van der Waals surface area contributed by atoms with E-state index in [1.165, 1.54) is 0 Å². The van der Waals surface area contributed by atoms with Gasteiger partial charge in [-0.2, -0.15) is 0 Å². The molecule has 3 nitrogen and oxygen atoms in total. The zero-order chi connectivity index (χ0) is 12.1. The van der Waals surface area contributed by atoms with E-state index in [-0.39, 0.29) is 18.4 Å². The number of nitrogens with zero attached hydrogens (tertiary/aromatic N) is 1. The van der Waals surface area contributed by atoms with E-state index < -0.39 is 0 Å². The van der Waals surface area contributed by atoms with Crippen LogP contribution in [-0.2, 0) is 4.79 Å². The van der Waals surface area contributed by atoms with E-state index in [2.05, 4.69) is 13.8 Å². The van der Waals surface area contributed by atoms with Gasteiger partial charge in [0.05, 0.1) is 0 Å². The molecule has 1 aliphatic rings. The summed E-state index contributed by atoms with van der Waals surface area (Å²) in [5.74, 6) is 1.81. The Bertz CT molecular complexity index is 228. The summed E-state index contributed by atoms with van der Waals surface area (Å²) in [6.45, 7) is 8.20. The van der Waals surface area contributed by atoms with Crippen molar-refractivity contribution >= 4 is 5.91 Å². The van der Waals surface area contributed by atoms with Gasteiger partial charge in [-0.25, -0.2) is 0 Å². The van der Waals surface area contributed by atoms with E-state index in [1.54, 1.807) is 0 Å². The predicted octanol–water partition coefficient (Wildman–Crippen LogP) is 1.90. The second-order valence-electron chi connectivity index (χ2n) is 5.46. The zero-order valence-electron chi connectivity index (χ0n) is 10.8. The fourth-order valence-corrected chi connectivity index (χ4v) is 2.35. The van der Waals surface area contributed by atoms with Gasteiger partial charge in [-0.1, -0.05) is 20.8 Å². The van der Waals surface area contributed by atoms with Crippen LogP contribution in [0, 0.1) is 17.8 Å². The van der Waals surface area contributed by atoms with Crippen LogP contribution in [0.15, 0.2) is 0 Å². The van der Waals surface area contributed by atoms with Crippen LogP contribution < -0.4 is 0 Å². The van der Waals surface area contributed by atoms with E-state index in [1.807, 2.05) is 11.8 Å². The molecule has 1 heterocycles. The molecule has 1 N–H and O–H groups in total. The fraction of sp³-hybridized carbons (Fsp3) is 0.923. The lowest BCUT2D eigenvalue weighted by Gasteiger charge is -2.24. The number of aliphatic hydroxyl groups excluding tert-OH is 1. The Labute approximate surface area is 98.8 Å². The van der Waals surface area contributed by atoms with Crippen molar-refractivity contribution in [3.8, 4) is 0 Å². The third-order valence-electron chi connectivity index (χ3n) is 3.64. The minimum absolute atomic E-state index is 0.164. The number of carbonyl (C=O) groups excluding carboxylic acids is 1. The smallest absolute Gasteiger partial charge is 0.222 e. The molecule has 0 bridgehead atoms. The molecule has 0 saturated carbocycles. The van der Waals surface area contributed by atoms with Crippen molar-refractivity contribution in [2.75, 3.05) is 19.7 Å². The molecule has 94 valence electrons. The molecular weight excluding hydrogens is 202 g/mol. The predicted molar refractivity (Wildman–Crippen MR) is 65.0 cm³/mol. The number of likely N-dealkylation sites (tertiary alicyclic amines) is 1. The maximum atomic E-state index is 11.9. The lowest BCUT2D eigenvalue weighted by atomic mass is 9.89. The Hall–Kier alpha value is -0.570. The number of amides is 1. The number of aliphatic hydroxyl groups is 1. The summed E-state index contributed by atoms with van der Waals surface area (Å²) in [5.41, 5.74) is 0. The first-order valence-corrected chi connectivity index (χ1v) is 6.43. The molecule has 1 rings (SSSR count). The first kappa shape index (κ1) is 13.5. The minimum Gasteiger partial charge on any atom is -0.396 e. The quantitative estimate of drug-likeness (QED) is 0.797. The molecule has 0 radical (unpaired) electrons. The second kappa shape index (κ2) is 6.24. The molecule has 1 fully saturated rings. The topological polar surface area (TPSA) is 40.5 Å². The first-order chi connectivity index (χ1) is 7.54. The summed E-state index contributed by atoms with van der Waals surface area (Å²) in [6, 6.07) is 0. The maximum Gasteiger partial charge on any atom is 0.222 e. The van der Waals surface area contributed by atoms with Crippen molar-refractivity contribution in [3.63, 3.8) is 0 Å². The van der Waals surface area contributed by atoms with Crippen LogP contribution in [0.3, 0.4) is 0 Å². The van der Waals surface area contributed by atoms with E-state index in [0.29, 0.717) is 24.8 Å². The van der Waals surface area contributed by atoms with E-state index >= 15 is 0 Å². The molecule has 2 unspecified atom stereocenters. The van der Waals surface area contributed by atoms with Crippen LogP contribution in [0.2, 0.25) is 0 Å². The summed E-state index contributed by atoms with van der Waals surface area (Å²) in [5, 5.41) is 9.02. The molecule has 0 aromatic carbocycles. The molecule has 2 atom stereocenters. The van der Waals surface area contributed by atoms with Crippen molar-refractivity contribution in [2.24, 2.45) is 17.8 Å². The highest BCUT2D eigenvalue weighted by molar-refractivity contribution is 5.76. The Morgan fingerprint density at radius 3 is 2.62 bits per heavy atom. The van der Waals surface area contributed by atoms with Crippen molar-refractivity contribution in [1.29, 1.82) is 0 Å². The van der Waals surface area contributed by atoms with Gasteiger partial charge in [0.1, 0.15) is 0 Å². The molecule has 0 aromatic rings. The summed E-state index contributed by atoms with van der Waals surface area (Å²) in [7, 11) is 0. The monoisotopic (exact) mass is 227 g/mol. The molecular formula is C13H25NO2. The molecule has 1 aliphatic heterocycles. The number of hydrogen-bond donors (Lipinski definition) is 1. The van der Waals surface area contributed by atoms with Gasteiger partial charge in [-0.15, -0.1) is 0 Å². The Balaban J connectivity index is 2.50. The fourth-order valence-electron chi connectivity index (χ4n) is 2.35. The number of hydrogen-bond acceptors (Lipinski definition) is 2. The van der Waals surface area contributed by atoms with Gasteiger partial charge in [0.15, 0.2) is 0 Å². The highest BCUT2D eigenvalue weighted by Crippen LogP contribution is 2.25. The molecule has 0 aromatic heterocycles. The van der Waals surface area contributed by atoms with Crippen molar-refractivity contribution < 1.29 is 9.90 Å².